The number of fused-ring (bicyclic) bond motifs is 1. The molecule has 0 heterocycles. The molecule has 0 aromatic heterocycles. The second kappa shape index (κ2) is 10.3. The van der Waals surface area contributed by atoms with E-state index in [-0.39, 0.29) is 27.7 Å². The van der Waals surface area contributed by atoms with Crippen LogP contribution in [0.4, 0.5) is 17.1 Å². The van der Waals surface area contributed by atoms with Gasteiger partial charge < -0.3 is 10.4 Å². The SMILES string of the molecule is CC(=O)Nc1cc(S(=O)(=O)O)cc2cc(S(=O)(=O)O)c(N=Nc3ccccc3C(=O)c3ccccc3)c(O)c12. The maximum Gasteiger partial charge on any atom is 0.296 e. The monoisotopic (exact) mass is 569 g/mol. The Labute approximate surface area is 222 Å². The van der Waals surface area contributed by atoms with Gasteiger partial charge in [0.15, 0.2) is 11.5 Å². The number of rotatable bonds is 7. The van der Waals surface area contributed by atoms with Crippen LogP contribution < -0.4 is 5.32 Å². The highest BCUT2D eigenvalue weighted by Crippen LogP contribution is 2.45. The van der Waals surface area contributed by atoms with Crippen LogP contribution in [-0.2, 0) is 25.0 Å². The van der Waals surface area contributed by atoms with E-state index in [2.05, 4.69) is 15.5 Å². The molecule has 4 aromatic rings. The van der Waals surface area contributed by atoms with Gasteiger partial charge in [0, 0.05) is 17.9 Å². The molecule has 0 saturated carbocycles. The minimum atomic E-state index is -5.09. The maximum absolute atomic E-state index is 13.0. The largest absolute Gasteiger partial charge is 0.505 e. The Morgan fingerprint density at radius 3 is 2.08 bits per heavy atom. The van der Waals surface area contributed by atoms with Crippen LogP contribution in [0, 0.1) is 0 Å². The molecular weight excluding hydrogens is 550 g/mol. The number of phenolic OH excluding ortho intramolecular Hbond substituents is 1. The Bertz CT molecular complexity index is 1890. The van der Waals surface area contributed by atoms with Crippen LogP contribution in [0.1, 0.15) is 22.8 Å². The lowest BCUT2D eigenvalue weighted by Crippen LogP contribution is -2.08. The predicted octanol–water partition coefficient (Wildman–Crippen LogP) is 4.64. The van der Waals surface area contributed by atoms with Crippen LogP contribution in [0.15, 0.2) is 92.8 Å². The lowest BCUT2D eigenvalue weighted by atomic mass is 10.0. The first-order valence-electron chi connectivity index (χ1n) is 10.9. The number of carbonyl (C=O) groups is 2. The summed E-state index contributed by atoms with van der Waals surface area (Å²) in [6.07, 6.45) is 0. The van der Waals surface area contributed by atoms with Gasteiger partial charge in [-0.2, -0.15) is 16.8 Å². The van der Waals surface area contributed by atoms with Gasteiger partial charge in [0.25, 0.3) is 20.2 Å². The van der Waals surface area contributed by atoms with Gasteiger partial charge in [0.05, 0.1) is 21.8 Å². The Kier molecular flexibility index (Phi) is 7.30. The summed E-state index contributed by atoms with van der Waals surface area (Å²) in [6.45, 7) is 1.09. The number of aromatic hydroxyl groups is 1. The van der Waals surface area contributed by atoms with Crippen molar-refractivity contribution >= 4 is 59.8 Å². The third kappa shape index (κ3) is 5.83. The number of ketones is 1. The van der Waals surface area contributed by atoms with Gasteiger partial charge >= 0.3 is 0 Å². The van der Waals surface area contributed by atoms with Gasteiger partial charge in [-0.1, -0.05) is 42.5 Å². The zero-order valence-electron chi connectivity index (χ0n) is 19.9. The van der Waals surface area contributed by atoms with E-state index in [0.29, 0.717) is 5.56 Å². The van der Waals surface area contributed by atoms with Gasteiger partial charge in [0.1, 0.15) is 10.6 Å². The highest BCUT2D eigenvalue weighted by atomic mass is 32.2. The summed E-state index contributed by atoms with van der Waals surface area (Å²) in [6, 6.07) is 16.7. The van der Waals surface area contributed by atoms with Crippen molar-refractivity contribution in [1.82, 2.24) is 0 Å². The van der Waals surface area contributed by atoms with Crippen LogP contribution >= 0.6 is 0 Å². The summed E-state index contributed by atoms with van der Waals surface area (Å²) >= 11 is 0. The summed E-state index contributed by atoms with van der Waals surface area (Å²) in [7, 11) is -9.91. The number of nitrogens with one attached hydrogen (secondary N) is 1. The Hall–Kier alpha value is -4.50. The molecule has 14 heteroatoms. The number of anilines is 1. The molecule has 0 radical (unpaired) electrons. The number of azo groups is 1. The summed E-state index contributed by atoms with van der Waals surface area (Å²) in [5.74, 6) is -1.98. The molecule has 0 saturated heterocycles. The summed E-state index contributed by atoms with van der Waals surface area (Å²) in [5, 5.41) is 20.6. The Morgan fingerprint density at radius 1 is 0.821 bits per heavy atom. The molecule has 39 heavy (non-hydrogen) atoms. The predicted molar refractivity (Wildman–Crippen MR) is 140 cm³/mol. The number of hydrogen-bond acceptors (Lipinski definition) is 9. The molecule has 12 nitrogen and oxygen atoms in total. The van der Waals surface area contributed by atoms with Gasteiger partial charge in [-0.05, 0) is 35.7 Å². The van der Waals surface area contributed by atoms with Gasteiger partial charge in [-0.15, -0.1) is 10.2 Å². The van der Waals surface area contributed by atoms with Crippen molar-refractivity contribution in [2.45, 2.75) is 16.7 Å². The Morgan fingerprint density at radius 2 is 1.46 bits per heavy atom. The van der Waals surface area contributed by atoms with E-state index in [1.807, 2.05) is 0 Å². The van der Waals surface area contributed by atoms with Crippen molar-refractivity contribution in [2.75, 3.05) is 5.32 Å². The van der Waals surface area contributed by atoms with E-state index < -0.39 is 53.2 Å². The highest BCUT2D eigenvalue weighted by molar-refractivity contribution is 7.86. The molecule has 0 aliphatic heterocycles. The third-order valence-corrected chi connectivity index (χ3v) is 7.15. The van der Waals surface area contributed by atoms with E-state index in [1.165, 1.54) is 12.1 Å². The van der Waals surface area contributed by atoms with Gasteiger partial charge in [-0.25, -0.2) is 0 Å². The van der Waals surface area contributed by atoms with E-state index >= 15 is 0 Å². The average molecular weight is 570 g/mol. The Balaban J connectivity index is 1.97. The molecule has 0 aliphatic carbocycles. The zero-order chi connectivity index (χ0) is 28.5. The molecule has 0 spiro atoms. The van der Waals surface area contributed by atoms with Gasteiger partial charge in [0.2, 0.25) is 5.91 Å². The molecule has 0 fully saturated rings. The second-order valence-electron chi connectivity index (χ2n) is 8.18. The average Bonchev–Trinajstić information content (AvgIpc) is 2.86. The molecule has 200 valence electrons. The summed E-state index contributed by atoms with van der Waals surface area (Å²) in [4.78, 5) is 23.1. The minimum absolute atomic E-state index is 0.0101. The summed E-state index contributed by atoms with van der Waals surface area (Å²) < 4.78 is 67.3. The van der Waals surface area contributed by atoms with Crippen LogP contribution in [0.25, 0.3) is 10.8 Å². The van der Waals surface area contributed by atoms with Crippen molar-refractivity contribution in [3.05, 3.63) is 83.9 Å². The highest BCUT2D eigenvalue weighted by Gasteiger charge is 2.26. The summed E-state index contributed by atoms with van der Waals surface area (Å²) in [5.41, 5.74) is -0.586. The molecule has 0 atom stereocenters. The van der Waals surface area contributed by atoms with E-state index in [9.17, 15) is 40.6 Å². The molecule has 0 unspecified atom stereocenters. The van der Waals surface area contributed by atoms with Crippen LogP contribution in [0.5, 0.6) is 5.75 Å². The zero-order valence-corrected chi connectivity index (χ0v) is 21.6. The van der Waals surface area contributed by atoms with Gasteiger partial charge in [-0.3, -0.25) is 18.7 Å². The van der Waals surface area contributed by atoms with Crippen molar-refractivity contribution < 1.29 is 40.6 Å². The van der Waals surface area contributed by atoms with Crippen molar-refractivity contribution in [3.8, 4) is 5.75 Å². The molecule has 4 aromatic carbocycles. The number of benzene rings is 4. The number of nitrogens with zero attached hydrogens (tertiary/aromatic N) is 2. The normalized spacial score (nSPS) is 12.1. The fourth-order valence-electron chi connectivity index (χ4n) is 3.79. The fraction of sp³-hybridized carbons (Fsp3) is 0.0400. The standard InChI is InChI=1S/C25H19N3O9S2/c1-14(29)26-20-13-17(38(32,33)34)11-16-12-21(39(35,36)37)23(25(31)22(16)20)28-27-19-10-6-5-9-18(19)24(30)15-7-3-2-4-8-15/h2-13,31H,1H3,(H,26,29)(H,32,33,34)(H,35,36,37). The number of hydrogen-bond donors (Lipinski definition) is 4. The number of amides is 1. The molecule has 4 N–H and O–H groups in total. The fourth-order valence-corrected chi connectivity index (χ4v) is 4.99. The molecular formula is C25H19N3O9S2. The lowest BCUT2D eigenvalue weighted by Gasteiger charge is -2.14. The molecule has 4 rings (SSSR count). The van der Waals surface area contributed by atoms with Crippen molar-refractivity contribution in [2.24, 2.45) is 10.2 Å². The number of carbonyl (C=O) groups excluding carboxylic acids is 2. The van der Waals surface area contributed by atoms with Crippen molar-refractivity contribution in [3.63, 3.8) is 0 Å². The quantitative estimate of drug-likeness (QED) is 0.139. The second-order valence-corrected chi connectivity index (χ2v) is 11.0. The van der Waals surface area contributed by atoms with Crippen LogP contribution in [0.3, 0.4) is 0 Å². The van der Waals surface area contributed by atoms with Crippen molar-refractivity contribution in [1.29, 1.82) is 0 Å². The first-order valence-corrected chi connectivity index (χ1v) is 13.8. The topological polar surface area (TPSA) is 200 Å². The van der Waals surface area contributed by atoms with E-state index in [4.69, 9.17) is 0 Å². The molecule has 0 aliphatic rings. The molecule has 1 amide bonds. The van der Waals surface area contributed by atoms with Crippen LogP contribution in [0.2, 0.25) is 0 Å². The molecule has 0 bridgehead atoms. The maximum atomic E-state index is 13.0. The number of phenols is 1. The smallest absolute Gasteiger partial charge is 0.296 e. The van der Waals surface area contributed by atoms with Crippen LogP contribution in [-0.4, -0.2) is 42.7 Å². The third-order valence-electron chi connectivity index (χ3n) is 5.45. The first-order chi connectivity index (χ1) is 18.3. The van der Waals surface area contributed by atoms with E-state index in [0.717, 1.165) is 25.1 Å². The minimum Gasteiger partial charge on any atom is -0.505 e. The first kappa shape index (κ1) is 27.5. The van der Waals surface area contributed by atoms with E-state index in [1.54, 1.807) is 42.5 Å². The lowest BCUT2D eigenvalue weighted by molar-refractivity contribution is -0.114.